The minimum absolute atomic E-state index is 0.154. The van der Waals surface area contributed by atoms with Gasteiger partial charge < -0.3 is 10.6 Å². The molecular weight excluding hydrogens is 288 g/mol. The number of aromatic nitrogens is 2. The van der Waals surface area contributed by atoms with Crippen molar-refractivity contribution in [2.45, 2.75) is 45.2 Å². The van der Waals surface area contributed by atoms with Crippen LogP contribution in [0.4, 0.5) is 5.95 Å². The molecule has 1 amide bonds. The Kier molecular flexibility index (Phi) is 4.86. The van der Waals surface area contributed by atoms with Crippen molar-refractivity contribution in [3.63, 3.8) is 0 Å². The summed E-state index contributed by atoms with van der Waals surface area (Å²) in [6.07, 6.45) is 8.02. The third-order valence-electron chi connectivity index (χ3n) is 4.14. The Morgan fingerprint density at radius 1 is 1.22 bits per heavy atom. The minimum Gasteiger partial charge on any atom is -0.351 e. The van der Waals surface area contributed by atoms with Crippen molar-refractivity contribution < 1.29 is 4.79 Å². The number of nitrogens with zero attached hydrogens (tertiary/aromatic N) is 2. The summed E-state index contributed by atoms with van der Waals surface area (Å²) in [7, 11) is 0. The van der Waals surface area contributed by atoms with E-state index in [4.69, 9.17) is 0 Å². The fraction of sp³-hybridized carbons (Fsp3) is 0.389. The molecule has 2 aromatic rings. The van der Waals surface area contributed by atoms with Gasteiger partial charge in [-0.05, 0) is 25.3 Å². The number of hydrogen-bond acceptors (Lipinski definition) is 4. The summed E-state index contributed by atoms with van der Waals surface area (Å²) < 4.78 is 0. The summed E-state index contributed by atoms with van der Waals surface area (Å²) in [6, 6.07) is 8.55. The fourth-order valence-corrected chi connectivity index (χ4v) is 2.88. The van der Waals surface area contributed by atoms with Gasteiger partial charge in [-0.1, -0.05) is 42.7 Å². The fourth-order valence-electron chi connectivity index (χ4n) is 2.88. The number of anilines is 1. The molecule has 1 aromatic heterocycles. The molecule has 1 aliphatic carbocycles. The molecular formula is C18H22N4O. The molecule has 23 heavy (non-hydrogen) atoms. The van der Waals surface area contributed by atoms with E-state index in [9.17, 15) is 4.79 Å². The molecule has 0 radical (unpaired) electrons. The number of benzene rings is 1. The van der Waals surface area contributed by atoms with Crippen LogP contribution < -0.4 is 10.6 Å². The topological polar surface area (TPSA) is 66.9 Å². The predicted octanol–water partition coefficient (Wildman–Crippen LogP) is 3.07. The summed E-state index contributed by atoms with van der Waals surface area (Å²) in [6.45, 7) is 2.54. The summed E-state index contributed by atoms with van der Waals surface area (Å²) in [5.41, 5.74) is 2.75. The second kappa shape index (κ2) is 7.22. The average Bonchev–Trinajstić information content (AvgIpc) is 3.06. The van der Waals surface area contributed by atoms with Crippen molar-refractivity contribution in [2.75, 3.05) is 5.32 Å². The zero-order valence-electron chi connectivity index (χ0n) is 13.4. The Hall–Kier alpha value is -2.43. The SMILES string of the molecule is Cc1cccc(CNC(=O)c2cnc(NC3CCCC3)nc2)c1. The molecule has 1 heterocycles. The Labute approximate surface area is 136 Å². The van der Waals surface area contributed by atoms with Crippen molar-refractivity contribution in [3.05, 3.63) is 53.3 Å². The molecule has 1 aromatic carbocycles. The minimum atomic E-state index is -0.154. The van der Waals surface area contributed by atoms with E-state index in [-0.39, 0.29) is 5.91 Å². The summed E-state index contributed by atoms with van der Waals surface area (Å²) in [5, 5.41) is 6.21. The van der Waals surface area contributed by atoms with Crippen LogP contribution in [-0.4, -0.2) is 21.9 Å². The van der Waals surface area contributed by atoms with E-state index in [1.54, 1.807) is 12.4 Å². The maximum absolute atomic E-state index is 12.1. The molecule has 0 aliphatic heterocycles. The molecule has 0 saturated heterocycles. The van der Waals surface area contributed by atoms with Gasteiger partial charge in [-0.25, -0.2) is 9.97 Å². The van der Waals surface area contributed by atoms with Gasteiger partial charge in [0.2, 0.25) is 5.95 Å². The average molecular weight is 310 g/mol. The van der Waals surface area contributed by atoms with Gasteiger partial charge in [0.25, 0.3) is 5.91 Å². The molecule has 0 bridgehead atoms. The summed E-state index contributed by atoms with van der Waals surface area (Å²) in [5.74, 6) is 0.450. The van der Waals surface area contributed by atoms with Gasteiger partial charge in [0.05, 0.1) is 5.56 Å². The van der Waals surface area contributed by atoms with Gasteiger partial charge in [-0.2, -0.15) is 0 Å². The highest BCUT2D eigenvalue weighted by Crippen LogP contribution is 2.20. The molecule has 1 saturated carbocycles. The second-order valence-electron chi connectivity index (χ2n) is 6.09. The maximum atomic E-state index is 12.1. The van der Waals surface area contributed by atoms with Crippen LogP contribution in [-0.2, 0) is 6.54 Å². The molecule has 5 heteroatoms. The third kappa shape index (κ3) is 4.28. The van der Waals surface area contributed by atoms with Crippen LogP contribution in [0.5, 0.6) is 0 Å². The van der Waals surface area contributed by atoms with Crippen LogP contribution in [0.2, 0.25) is 0 Å². The molecule has 0 spiro atoms. The van der Waals surface area contributed by atoms with E-state index in [0.717, 1.165) is 5.56 Å². The van der Waals surface area contributed by atoms with E-state index in [2.05, 4.69) is 26.7 Å². The van der Waals surface area contributed by atoms with E-state index >= 15 is 0 Å². The smallest absolute Gasteiger partial charge is 0.254 e. The van der Waals surface area contributed by atoms with Crippen molar-refractivity contribution >= 4 is 11.9 Å². The molecule has 1 aliphatic rings. The number of carbonyl (C=O) groups is 1. The van der Waals surface area contributed by atoms with Gasteiger partial charge >= 0.3 is 0 Å². The van der Waals surface area contributed by atoms with Crippen LogP contribution in [0.15, 0.2) is 36.7 Å². The quantitative estimate of drug-likeness (QED) is 0.890. The van der Waals surface area contributed by atoms with Crippen LogP contribution in [0.3, 0.4) is 0 Å². The number of amides is 1. The monoisotopic (exact) mass is 310 g/mol. The zero-order chi connectivity index (χ0) is 16.1. The molecule has 120 valence electrons. The van der Waals surface area contributed by atoms with E-state index in [1.807, 2.05) is 25.1 Å². The largest absolute Gasteiger partial charge is 0.351 e. The highest BCUT2D eigenvalue weighted by atomic mass is 16.1. The van der Waals surface area contributed by atoms with Gasteiger partial charge in [0.15, 0.2) is 0 Å². The van der Waals surface area contributed by atoms with Crippen molar-refractivity contribution in [2.24, 2.45) is 0 Å². The first-order valence-electron chi connectivity index (χ1n) is 8.13. The first kappa shape index (κ1) is 15.5. The van der Waals surface area contributed by atoms with Crippen molar-refractivity contribution in [3.8, 4) is 0 Å². The second-order valence-corrected chi connectivity index (χ2v) is 6.09. The molecule has 2 N–H and O–H groups in total. The highest BCUT2D eigenvalue weighted by Gasteiger charge is 2.15. The Morgan fingerprint density at radius 3 is 2.65 bits per heavy atom. The van der Waals surface area contributed by atoms with Crippen LogP contribution in [0.1, 0.15) is 47.2 Å². The Bertz CT molecular complexity index is 663. The van der Waals surface area contributed by atoms with Gasteiger partial charge in [0, 0.05) is 25.0 Å². The lowest BCUT2D eigenvalue weighted by atomic mass is 10.1. The predicted molar refractivity (Wildman–Crippen MR) is 90.3 cm³/mol. The van der Waals surface area contributed by atoms with Crippen LogP contribution >= 0.6 is 0 Å². The maximum Gasteiger partial charge on any atom is 0.254 e. The van der Waals surface area contributed by atoms with E-state index < -0.39 is 0 Å². The van der Waals surface area contributed by atoms with Crippen LogP contribution in [0.25, 0.3) is 0 Å². The number of aryl methyl sites for hydroxylation is 1. The first-order chi connectivity index (χ1) is 11.2. The van der Waals surface area contributed by atoms with E-state index in [0.29, 0.717) is 24.1 Å². The summed E-state index contributed by atoms with van der Waals surface area (Å²) >= 11 is 0. The number of carbonyl (C=O) groups excluding carboxylic acids is 1. The lowest BCUT2D eigenvalue weighted by Gasteiger charge is -2.11. The third-order valence-corrected chi connectivity index (χ3v) is 4.14. The molecule has 0 atom stereocenters. The molecule has 0 unspecified atom stereocenters. The van der Waals surface area contributed by atoms with E-state index in [1.165, 1.54) is 31.2 Å². The normalized spacial score (nSPS) is 14.7. The summed E-state index contributed by atoms with van der Waals surface area (Å²) in [4.78, 5) is 20.6. The standard InChI is InChI=1S/C18H22N4O/c1-13-5-4-6-14(9-13)10-19-17(23)15-11-20-18(21-12-15)22-16-7-2-3-8-16/h4-6,9,11-12,16H,2-3,7-8,10H2,1H3,(H,19,23)(H,20,21,22). The zero-order valence-corrected chi connectivity index (χ0v) is 13.4. The molecule has 5 nitrogen and oxygen atoms in total. The lowest BCUT2D eigenvalue weighted by Crippen LogP contribution is -2.23. The van der Waals surface area contributed by atoms with Gasteiger partial charge in [0.1, 0.15) is 0 Å². The van der Waals surface area contributed by atoms with Gasteiger partial charge in [-0.15, -0.1) is 0 Å². The lowest BCUT2D eigenvalue weighted by molar-refractivity contribution is 0.0950. The van der Waals surface area contributed by atoms with Crippen molar-refractivity contribution in [1.82, 2.24) is 15.3 Å². The molecule has 3 rings (SSSR count). The Morgan fingerprint density at radius 2 is 1.96 bits per heavy atom. The van der Waals surface area contributed by atoms with Crippen LogP contribution in [0, 0.1) is 6.92 Å². The number of nitrogens with one attached hydrogen (secondary N) is 2. The number of hydrogen-bond donors (Lipinski definition) is 2. The first-order valence-corrected chi connectivity index (χ1v) is 8.13. The number of rotatable bonds is 5. The highest BCUT2D eigenvalue weighted by molar-refractivity contribution is 5.93. The molecule has 1 fully saturated rings. The van der Waals surface area contributed by atoms with Crippen molar-refractivity contribution in [1.29, 1.82) is 0 Å². The van der Waals surface area contributed by atoms with Gasteiger partial charge in [-0.3, -0.25) is 4.79 Å². The Balaban J connectivity index is 1.54.